The second-order valence-electron chi connectivity index (χ2n) is 4.36. The number of rotatable bonds is 1. The number of benzene rings is 2. The van der Waals surface area contributed by atoms with Gasteiger partial charge in [-0.2, -0.15) is 0 Å². The molecule has 0 saturated carbocycles. The fourth-order valence-corrected chi connectivity index (χ4v) is 2.02. The van der Waals surface area contributed by atoms with Crippen molar-refractivity contribution >= 4 is 40.5 Å². The predicted molar refractivity (Wildman–Crippen MR) is 80.1 cm³/mol. The summed E-state index contributed by atoms with van der Waals surface area (Å²) in [6.45, 7) is 0. The summed E-state index contributed by atoms with van der Waals surface area (Å²) >= 11 is 0. The maximum atomic E-state index is 12.0. The van der Waals surface area contributed by atoms with Crippen LogP contribution in [0, 0.1) is 0 Å². The molecule has 0 amide bonds. The van der Waals surface area contributed by atoms with Crippen molar-refractivity contribution in [2.75, 3.05) is 0 Å². The van der Waals surface area contributed by atoms with Gasteiger partial charge in [0.2, 0.25) is 0 Å². The normalized spacial score (nSPS) is 10.3. The molecule has 0 atom stereocenters. The van der Waals surface area contributed by atoms with Crippen molar-refractivity contribution in [2.45, 2.75) is 0 Å². The Balaban J connectivity index is 0.00000161. The minimum absolute atomic E-state index is 0. The third-order valence-corrected chi connectivity index (χ3v) is 2.95. The number of phenolic OH excluding ortho intramolecular Hbond substituents is 3. The average molecular weight is 294 g/mol. The van der Waals surface area contributed by atoms with E-state index in [-0.39, 0.29) is 63.5 Å². The Kier molecular flexibility index (Phi) is 4.27. The van der Waals surface area contributed by atoms with Gasteiger partial charge in [-0.15, -0.1) is 0 Å². The van der Waals surface area contributed by atoms with Crippen LogP contribution in [0.5, 0.6) is 17.2 Å². The molecule has 0 unspecified atom stereocenters. The molecule has 0 saturated heterocycles. The summed E-state index contributed by atoms with van der Waals surface area (Å²) in [6.07, 6.45) is 0. The van der Waals surface area contributed by atoms with E-state index >= 15 is 0 Å². The monoisotopic (exact) mass is 294 g/mol. The van der Waals surface area contributed by atoms with Gasteiger partial charge in [-0.1, -0.05) is 0 Å². The molecule has 3 rings (SSSR count). The number of fused-ring (bicyclic) bond motifs is 1. The van der Waals surface area contributed by atoms with Gasteiger partial charge < -0.3 is 19.7 Å². The molecule has 6 heteroatoms. The first-order valence-electron chi connectivity index (χ1n) is 5.84. The molecular weight excluding hydrogens is 283 g/mol. The molecule has 0 radical (unpaired) electrons. The van der Waals surface area contributed by atoms with E-state index in [0.717, 1.165) is 6.07 Å². The molecule has 0 bridgehead atoms. The van der Waals surface area contributed by atoms with Gasteiger partial charge in [0.15, 0.2) is 5.43 Å². The van der Waals surface area contributed by atoms with Crippen LogP contribution in [0.15, 0.2) is 51.7 Å². The van der Waals surface area contributed by atoms with Crippen molar-refractivity contribution in [2.24, 2.45) is 0 Å². The summed E-state index contributed by atoms with van der Waals surface area (Å²) in [5.41, 5.74) is 0.287. The van der Waals surface area contributed by atoms with E-state index in [2.05, 4.69) is 0 Å². The summed E-state index contributed by atoms with van der Waals surface area (Å²) in [6, 6.07) is 9.74. The molecule has 0 aliphatic carbocycles. The molecule has 21 heavy (non-hydrogen) atoms. The van der Waals surface area contributed by atoms with Gasteiger partial charge in [0.05, 0.1) is 0 Å². The summed E-state index contributed by atoms with van der Waals surface area (Å²) in [5.74, 6) is -0.133. The number of phenols is 3. The first-order chi connectivity index (χ1) is 9.54. The Bertz CT molecular complexity index is 852. The van der Waals surface area contributed by atoms with Crippen LogP contribution in [0.1, 0.15) is 0 Å². The van der Waals surface area contributed by atoms with Crippen LogP contribution in [0.4, 0.5) is 0 Å². The molecule has 0 aliphatic rings. The number of aromatic hydroxyl groups is 3. The van der Waals surface area contributed by atoms with Crippen LogP contribution in [0.3, 0.4) is 0 Å². The van der Waals surface area contributed by atoms with Crippen molar-refractivity contribution in [1.29, 1.82) is 0 Å². The Morgan fingerprint density at radius 2 is 1.52 bits per heavy atom. The van der Waals surface area contributed by atoms with E-state index in [4.69, 9.17) is 4.42 Å². The molecule has 1 aromatic heterocycles. The van der Waals surface area contributed by atoms with E-state index < -0.39 is 5.43 Å². The summed E-state index contributed by atoms with van der Waals surface area (Å²) in [7, 11) is 0. The van der Waals surface area contributed by atoms with Gasteiger partial charge in [0.1, 0.15) is 34.0 Å². The standard InChI is InChI=1S/C15H10O5.Na.H/c16-9-3-1-8(2-4-9)13-7-12(19)15-11(18)5-10(17)6-14(15)20-13;;/h1-7,16-18H;;. The topological polar surface area (TPSA) is 90.9 Å². The van der Waals surface area contributed by atoms with E-state index in [1.807, 2.05) is 0 Å². The van der Waals surface area contributed by atoms with E-state index in [1.54, 1.807) is 12.1 Å². The van der Waals surface area contributed by atoms with Gasteiger partial charge in [0.25, 0.3) is 0 Å². The summed E-state index contributed by atoms with van der Waals surface area (Å²) in [4.78, 5) is 12.0. The van der Waals surface area contributed by atoms with Gasteiger partial charge in [-0.25, -0.2) is 0 Å². The quantitative estimate of drug-likeness (QED) is 0.597. The third-order valence-electron chi connectivity index (χ3n) is 2.95. The Labute approximate surface area is 141 Å². The number of hydrogen-bond acceptors (Lipinski definition) is 5. The summed E-state index contributed by atoms with van der Waals surface area (Å²) in [5, 5.41) is 28.4. The molecule has 2 aromatic carbocycles. The SMILES string of the molecule is O=c1cc(-c2ccc(O)cc2)oc2cc(O)cc(O)c12.[NaH]. The fraction of sp³-hybridized carbons (Fsp3) is 0. The van der Waals surface area contributed by atoms with E-state index in [0.29, 0.717) is 5.56 Å². The van der Waals surface area contributed by atoms with Crippen molar-refractivity contribution in [1.82, 2.24) is 0 Å². The molecular formula is C15H11NaO5. The van der Waals surface area contributed by atoms with Crippen molar-refractivity contribution in [3.63, 3.8) is 0 Å². The summed E-state index contributed by atoms with van der Waals surface area (Å²) < 4.78 is 5.53. The molecule has 5 nitrogen and oxygen atoms in total. The second-order valence-corrected chi connectivity index (χ2v) is 4.36. The van der Waals surface area contributed by atoms with Gasteiger partial charge in [-0.05, 0) is 24.3 Å². The average Bonchev–Trinajstić information content (AvgIpc) is 2.38. The van der Waals surface area contributed by atoms with E-state index in [9.17, 15) is 20.1 Å². The molecule has 3 N–H and O–H groups in total. The molecule has 3 aromatic rings. The minimum atomic E-state index is -0.410. The van der Waals surface area contributed by atoms with Crippen molar-refractivity contribution in [3.8, 4) is 28.6 Å². The third kappa shape index (κ3) is 2.90. The molecule has 1 heterocycles. The second kappa shape index (κ2) is 5.81. The van der Waals surface area contributed by atoms with Crippen LogP contribution in [0.25, 0.3) is 22.3 Å². The Morgan fingerprint density at radius 3 is 2.19 bits per heavy atom. The van der Waals surface area contributed by atoms with Crippen molar-refractivity contribution in [3.05, 3.63) is 52.7 Å². The van der Waals surface area contributed by atoms with Crippen LogP contribution in [-0.4, -0.2) is 44.9 Å². The van der Waals surface area contributed by atoms with Crippen LogP contribution >= 0.6 is 0 Å². The molecule has 0 spiro atoms. The van der Waals surface area contributed by atoms with Gasteiger partial charge in [-0.3, -0.25) is 4.79 Å². The zero-order valence-corrected chi connectivity index (χ0v) is 10.2. The predicted octanol–water partition coefficient (Wildman–Crippen LogP) is 1.93. The fourth-order valence-electron chi connectivity index (χ4n) is 2.02. The first kappa shape index (κ1) is 15.4. The van der Waals surface area contributed by atoms with Gasteiger partial charge >= 0.3 is 29.6 Å². The van der Waals surface area contributed by atoms with Crippen LogP contribution < -0.4 is 5.43 Å². The molecule has 0 fully saturated rings. The van der Waals surface area contributed by atoms with E-state index in [1.165, 1.54) is 24.3 Å². The molecule has 102 valence electrons. The first-order valence-corrected chi connectivity index (χ1v) is 5.84. The zero-order valence-electron chi connectivity index (χ0n) is 10.2. The number of hydrogen-bond donors (Lipinski definition) is 3. The van der Waals surface area contributed by atoms with Crippen LogP contribution in [0.2, 0.25) is 0 Å². The van der Waals surface area contributed by atoms with Crippen LogP contribution in [-0.2, 0) is 0 Å². The Morgan fingerprint density at radius 1 is 0.857 bits per heavy atom. The van der Waals surface area contributed by atoms with Crippen molar-refractivity contribution < 1.29 is 19.7 Å². The Hall–Kier alpha value is -1.95. The molecule has 0 aliphatic heterocycles. The maximum absolute atomic E-state index is 12.0. The zero-order chi connectivity index (χ0) is 14.3. The van der Waals surface area contributed by atoms with Gasteiger partial charge in [0, 0.05) is 23.8 Å².